The summed E-state index contributed by atoms with van der Waals surface area (Å²) in [5, 5.41) is 0.822. The summed E-state index contributed by atoms with van der Waals surface area (Å²) in [6.45, 7) is 8.59. The lowest BCUT2D eigenvalue weighted by molar-refractivity contribution is 0.0773. The van der Waals surface area contributed by atoms with Crippen LogP contribution in [-0.4, -0.2) is 46.3 Å². The average molecular weight is 267 g/mol. The van der Waals surface area contributed by atoms with Gasteiger partial charge in [0.05, 0.1) is 5.38 Å². The van der Waals surface area contributed by atoms with E-state index in [2.05, 4.69) is 0 Å². The Bertz CT molecular complexity index is 146. The molecule has 0 aromatic heterocycles. The van der Waals surface area contributed by atoms with Crippen LogP contribution in [0.3, 0.4) is 0 Å². The predicted molar refractivity (Wildman–Crippen MR) is 71.6 cm³/mol. The summed E-state index contributed by atoms with van der Waals surface area (Å²) in [6.07, 6.45) is 1.03. The minimum Gasteiger partial charge on any atom is -0.373 e. The van der Waals surface area contributed by atoms with E-state index in [1.165, 1.54) is 0 Å². The van der Waals surface area contributed by atoms with Crippen LogP contribution >= 0.6 is 11.8 Å². The summed E-state index contributed by atoms with van der Waals surface area (Å²) >= 11 is 1.81. The molecule has 0 saturated carbocycles. The number of thioether (sulfide) groups is 1. The van der Waals surface area contributed by atoms with Gasteiger partial charge in [-0.25, -0.2) is 0 Å². The zero-order valence-corrected chi connectivity index (χ0v) is 12.5. The second-order valence-corrected chi connectivity index (χ2v) is 7.38. The van der Waals surface area contributed by atoms with E-state index in [9.17, 15) is 0 Å². The maximum absolute atomic E-state index is 5.73. The molecule has 0 amide bonds. The fourth-order valence-electron chi connectivity index (χ4n) is 1.29. The summed E-state index contributed by atoms with van der Waals surface area (Å²) in [5.74, 6) is 1.04. The van der Waals surface area contributed by atoms with Crippen LogP contribution in [0.25, 0.3) is 0 Å². The van der Waals surface area contributed by atoms with Crippen molar-refractivity contribution in [3.05, 3.63) is 0 Å². The molecule has 0 spiro atoms. The first-order valence-corrected chi connectivity index (χ1v) is 9.03. The lowest BCUT2D eigenvalue weighted by Crippen LogP contribution is -2.49. The molecule has 0 aromatic rings. The van der Waals surface area contributed by atoms with Gasteiger partial charge in [-0.05, 0) is 39.5 Å². The number of rotatable bonds is 11. The molecule has 0 unspecified atom stereocenters. The Hall–Kier alpha value is 0.407. The van der Waals surface area contributed by atoms with Crippen LogP contribution in [0.2, 0.25) is 0 Å². The van der Waals surface area contributed by atoms with Crippen LogP contribution in [0.4, 0.5) is 0 Å². The van der Waals surface area contributed by atoms with Crippen LogP contribution in [-0.2, 0) is 13.3 Å². The van der Waals surface area contributed by atoms with Gasteiger partial charge < -0.3 is 19.0 Å². The molecule has 98 valence electrons. The van der Waals surface area contributed by atoms with Gasteiger partial charge in [0.2, 0.25) is 0 Å². The smallest absolute Gasteiger partial charge is 0.373 e. The molecule has 0 atom stereocenters. The highest BCUT2D eigenvalue weighted by Crippen LogP contribution is 2.17. The van der Waals surface area contributed by atoms with Gasteiger partial charge in [-0.3, -0.25) is 0 Å². The average Bonchev–Trinajstić information content (AvgIpc) is 2.26. The van der Waals surface area contributed by atoms with Gasteiger partial charge in [0, 0.05) is 19.8 Å². The van der Waals surface area contributed by atoms with Crippen molar-refractivity contribution in [2.75, 3.05) is 37.5 Å². The van der Waals surface area contributed by atoms with Crippen LogP contribution in [0, 0.1) is 0 Å². The van der Waals surface area contributed by atoms with Crippen molar-refractivity contribution < 1.29 is 13.3 Å². The summed E-state index contributed by atoms with van der Waals surface area (Å²) in [4.78, 5) is 0. The molecule has 0 bridgehead atoms. The van der Waals surface area contributed by atoms with Crippen molar-refractivity contribution in [1.82, 2.24) is 0 Å². The SMILES string of the molecule is CCO[Si](CSCCCN)(OCC)OCC. The van der Waals surface area contributed by atoms with E-state index in [0.717, 1.165) is 24.1 Å². The van der Waals surface area contributed by atoms with Crippen molar-refractivity contribution in [2.45, 2.75) is 27.2 Å². The fourth-order valence-corrected chi connectivity index (χ4v) is 5.81. The van der Waals surface area contributed by atoms with E-state index in [0.29, 0.717) is 19.8 Å². The molecular formula is C10H25NO3SSi. The molecule has 0 aromatic carbocycles. The lowest BCUT2D eigenvalue weighted by Gasteiger charge is -2.28. The molecule has 0 aliphatic carbocycles. The van der Waals surface area contributed by atoms with Gasteiger partial charge in [0.15, 0.2) is 0 Å². The number of nitrogens with two attached hydrogens (primary N) is 1. The first kappa shape index (κ1) is 16.4. The van der Waals surface area contributed by atoms with Gasteiger partial charge in [0.25, 0.3) is 0 Å². The van der Waals surface area contributed by atoms with E-state index >= 15 is 0 Å². The second-order valence-electron chi connectivity index (χ2n) is 3.18. The standard InChI is InChI=1S/C10H25NO3SSi/c1-4-12-16(13-5-2,14-6-3)10-15-9-7-8-11/h4-11H2,1-3H3. The highest BCUT2D eigenvalue weighted by Gasteiger charge is 2.40. The van der Waals surface area contributed by atoms with Gasteiger partial charge in [-0.1, -0.05) is 0 Å². The lowest BCUT2D eigenvalue weighted by atomic mass is 10.5. The minimum atomic E-state index is -2.42. The molecule has 0 fully saturated rings. The molecule has 4 nitrogen and oxygen atoms in total. The Labute approximate surface area is 105 Å². The number of hydrogen-bond donors (Lipinski definition) is 1. The molecule has 2 N–H and O–H groups in total. The van der Waals surface area contributed by atoms with Crippen molar-refractivity contribution in [3.8, 4) is 0 Å². The van der Waals surface area contributed by atoms with E-state index < -0.39 is 8.80 Å². The molecule has 0 aliphatic rings. The Kier molecular flexibility index (Phi) is 10.8. The quantitative estimate of drug-likeness (QED) is 0.456. The van der Waals surface area contributed by atoms with Crippen LogP contribution in [0.15, 0.2) is 0 Å². The summed E-state index contributed by atoms with van der Waals surface area (Å²) in [6, 6.07) is 0. The van der Waals surface area contributed by atoms with E-state index in [1.54, 1.807) is 0 Å². The molecular weight excluding hydrogens is 242 g/mol. The third-order valence-electron chi connectivity index (χ3n) is 1.86. The van der Waals surface area contributed by atoms with E-state index in [-0.39, 0.29) is 0 Å². The molecule has 16 heavy (non-hydrogen) atoms. The minimum absolute atomic E-state index is 0.643. The molecule has 0 heterocycles. The normalized spacial score (nSPS) is 12.0. The molecule has 0 aliphatic heterocycles. The summed E-state index contributed by atoms with van der Waals surface area (Å²) in [5.41, 5.74) is 5.46. The molecule has 0 saturated heterocycles. The Balaban J connectivity index is 4.12. The van der Waals surface area contributed by atoms with E-state index in [4.69, 9.17) is 19.0 Å². The Morgan fingerprint density at radius 2 is 1.50 bits per heavy atom. The third-order valence-corrected chi connectivity index (χ3v) is 6.86. The van der Waals surface area contributed by atoms with E-state index in [1.807, 2.05) is 32.5 Å². The monoisotopic (exact) mass is 267 g/mol. The first-order valence-electron chi connectivity index (χ1n) is 5.94. The summed E-state index contributed by atoms with van der Waals surface area (Å²) < 4.78 is 17.2. The fraction of sp³-hybridized carbons (Fsp3) is 1.00. The maximum Gasteiger partial charge on any atom is 0.511 e. The molecule has 0 radical (unpaired) electrons. The largest absolute Gasteiger partial charge is 0.511 e. The van der Waals surface area contributed by atoms with Crippen molar-refractivity contribution in [1.29, 1.82) is 0 Å². The van der Waals surface area contributed by atoms with Crippen LogP contribution in [0.1, 0.15) is 27.2 Å². The topological polar surface area (TPSA) is 53.7 Å². The van der Waals surface area contributed by atoms with Gasteiger partial charge in [-0.15, -0.1) is 0 Å². The van der Waals surface area contributed by atoms with Gasteiger partial charge in [0.1, 0.15) is 0 Å². The molecule has 6 heteroatoms. The Morgan fingerprint density at radius 1 is 1.00 bits per heavy atom. The van der Waals surface area contributed by atoms with Gasteiger partial charge >= 0.3 is 8.80 Å². The zero-order chi connectivity index (χ0) is 12.3. The number of hydrogen-bond acceptors (Lipinski definition) is 5. The van der Waals surface area contributed by atoms with Crippen LogP contribution in [0.5, 0.6) is 0 Å². The molecule has 0 rings (SSSR count). The highest BCUT2D eigenvalue weighted by molar-refractivity contribution is 8.00. The zero-order valence-electron chi connectivity index (χ0n) is 10.7. The third kappa shape index (κ3) is 6.88. The van der Waals surface area contributed by atoms with Crippen molar-refractivity contribution in [2.24, 2.45) is 5.73 Å². The van der Waals surface area contributed by atoms with Crippen LogP contribution < -0.4 is 5.73 Å². The first-order chi connectivity index (χ1) is 7.74. The van der Waals surface area contributed by atoms with Crippen molar-refractivity contribution in [3.63, 3.8) is 0 Å². The Morgan fingerprint density at radius 3 is 1.88 bits per heavy atom. The predicted octanol–water partition coefficient (Wildman–Crippen LogP) is 1.66. The second kappa shape index (κ2) is 10.6. The maximum atomic E-state index is 5.73. The van der Waals surface area contributed by atoms with Gasteiger partial charge in [-0.2, -0.15) is 11.8 Å². The summed E-state index contributed by atoms with van der Waals surface area (Å²) in [7, 11) is -2.42. The van der Waals surface area contributed by atoms with Crippen molar-refractivity contribution >= 4 is 20.6 Å². The highest BCUT2D eigenvalue weighted by atomic mass is 32.2.